The van der Waals surface area contributed by atoms with Crippen LogP contribution in [0.5, 0.6) is 0 Å². The molecule has 0 spiro atoms. The predicted octanol–water partition coefficient (Wildman–Crippen LogP) is 8.05. The molecule has 1 rings (SSSR count). The number of benzene rings is 1. The first-order chi connectivity index (χ1) is 13.4. The summed E-state index contributed by atoms with van der Waals surface area (Å²) in [6.07, 6.45) is 10.3. The fraction of sp³-hybridized carbons (Fsp3) is 0.625. The number of carbonyl (C=O) groups excluding carboxylic acids is 1. The Kier molecular flexibility index (Phi) is 12.7. The summed E-state index contributed by atoms with van der Waals surface area (Å²) in [5.74, 6) is 0.102. The van der Waals surface area contributed by atoms with E-state index in [1.165, 1.54) is 57.4 Å². The first-order valence-corrected chi connectivity index (χ1v) is 19.6. The molecule has 0 aliphatic carbocycles. The van der Waals surface area contributed by atoms with Gasteiger partial charge in [0.15, 0.2) is 0 Å². The van der Waals surface area contributed by atoms with Crippen LogP contribution in [0.15, 0.2) is 32.8 Å². The summed E-state index contributed by atoms with van der Waals surface area (Å²) >= 11 is 1.36. The molecule has 28 heavy (non-hydrogen) atoms. The molecule has 2 nitrogen and oxygen atoms in total. The molecule has 4 heteroatoms. The second-order valence-electron chi connectivity index (χ2n) is 8.16. The fourth-order valence-corrected chi connectivity index (χ4v) is 18.9. The molecule has 0 bridgehead atoms. The van der Waals surface area contributed by atoms with Crippen molar-refractivity contribution in [1.82, 2.24) is 0 Å². The van der Waals surface area contributed by atoms with Crippen LogP contribution in [-0.4, -0.2) is 30.8 Å². The average Bonchev–Trinajstić information content (AvgIpc) is 2.66. The molecule has 0 N–H and O–H groups in total. The van der Waals surface area contributed by atoms with Crippen LogP contribution in [0.4, 0.5) is 5.69 Å². The van der Waals surface area contributed by atoms with E-state index in [2.05, 4.69) is 72.0 Å². The number of hydrogen-bond donors (Lipinski definition) is 0. The van der Waals surface area contributed by atoms with E-state index in [0.717, 1.165) is 10.2 Å². The van der Waals surface area contributed by atoms with E-state index >= 15 is 0 Å². The van der Waals surface area contributed by atoms with E-state index < -0.39 is 18.4 Å². The van der Waals surface area contributed by atoms with E-state index in [4.69, 9.17) is 0 Å². The van der Waals surface area contributed by atoms with Crippen molar-refractivity contribution in [3.05, 3.63) is 38.4 Å². The zero-order valence-electron chi connectivity index (χ0n) is 18.7. The van der Waals surface area contributed by atoms with E-state index in [-0.39, 0.29) is 5.91 Å². The van der Waals surface area contributed by atoms with Gasteiger partial charge in [-0.15, -0.1) is 0 Å². The quantitative estimate of drug-likeness (QED) is 0.225. The fourth-order valence-electron chi connectivity index (χ4n) is 3.85. The van der Waals surface area contributed by atoms with Gasteiger partial charge >= 0.3 is 187 Å². The molecule has 0 fully saturated rings. The summed E-state index contributed by atoms with van der Waals surface area (Å²) in [4.78, 5) is 14.2. The molecular weight excluding hydrogens is 517 g/mol. The standard InChI is InChI=1S/C12H13BrNO.3C4H9.Sn/c1-4-7-14(10(3)15)12-6-5-9(2)8-11(12)13;3*1-3-4-2;/h1,4-6,8H,7H2,2-3H3;3*1,3-4H2,2H3;. The van der Waals surface area contributed by atoms with Gasteiger partial charge in [-0.1, -0.05) is 0 Å². The maximum atomic E-state index is 12.3. The van der Waals surface area contributed by atoms with Gasteiger partial charge in [0.05, 0.1) is 0 Å². The molecule has 0 saturated heterocycles. The van der Waals surface area contributed by atoms with Gasteiger partial charge in [0.1, 0.15) is 0 Å². The Bertz CT molecular complexity index is 607. The molecular formula is C24H40BrNOSn. The van der Waals surface area contributed by atoms with Crippen LogP contribution in [0.2, 0.25) is 13.3 Å². The Morgan fingerprint density at radius 1 is 1.04 bits per heavy atom. The van der Waals surface area contributed by atoms with Gasteiger partial charge in [-0.05, 0) is 0 Å². The first-order valence-electron chi connectivity index (χ1n) is 11.1. The summed E-state index contributed by atoms with van der Waals surface area (Å²) in [5.41, 5.74) is 2.17. The maximum absolute atomic E-state index is 12.3. The molecule has 158 valence electrons. The minimum absolute atomic E-state index is 0.102. The van der Waals surface area contributed by atoms with Gasteiger partial charge in [-0.2, -0.15) is 0 Å². The van der Waals surface area contributed by atoms with Crippen LogP contribution < -0.4 is 4.90 Å². The van der Waals surface area contributed by atoms with Crippen LogP contribution in [-0.2, 0) is 4.79 Å². The SMILES string of the molecule is CCC[CH2][Sn](/[CH]=C/CN(C(C)=O)c1ccc(C)cc1Br)([CH2]CCC)[CH2]CCC. The van der Waals surface area contributed by atoms with Crippen molar-refractivity contribution in [2.45, 2.75) is 86.5 Å². The number of nitrogens with zero attached hydrogens (tertiary/aromatic N) is 1. The zero-order chi connectivity index (χ0) is 21.0. The number of anilines is 1. The van der Waals surface area contributed by atoms with Gasteiger partial charge in [0.25, 0.3) is 0 Å². The molecule has 0 aromatic heterocycles. The topological polar surface area (TPSA) is 20.3 Å². The molecule has 1 aromatic rings. The number of aryl methyl sites for hydroxylation is 1. The molecule has 0 atom stereocenters. The number of rotatable bonds is 13. The van der Waals surface area contributed by atoms with Crippen molar-refractivity contribution < 1.29 is 4.79 Å². The van der Waals surface area contributed by atoms with Crippen molar-refractivity contribution in [3.8, 4) is 0 Å². The van der Waals surface area contributed by atoms with Crippen LogP contribution in [0.1, 0.15) is 71.8 Å². The van der Waals surface area contributed by atoms with Crippen LogP contribution in [0, 0.1) is 6.92 Å². The first kappa shape index (κ1) is 25.7. The Morgan fingerprint density at radius 2 is 1.57 bits per heavy atom. The third-order valence-corrected chi connectivity index (χ3v) is 20.5. The summed E-state index contributed by atoms with van der Waals surface area (Å²) in [6.45, 7) is 11.4. The van der Waals surface area contributed by atoms with Crippen LogP contribution in [0.25, 0.3) is 0 Å². The van der Waals surface area contributed by atoms with Gasteiger partial charge in [-0.25, -0.2) is 0 Å². The normalized spacial score (nSPS) is 11.9. The van der Waals surface area contributed by atoms with Crippen molar-refractivity contribution in [2.75, 3.05) is 11.4 Å². The molecule has 0 aliphatic heterocycles. The van der Waals surface area contributed by atoms with E-state index in [1.807, 2.05) is 4.90 Å². The number of halogens is 1. The molecule has 1 aromatic carbocycles. The second kappa shape index (κ2) is 13.8. The monoisotopic (exact) mass is 557 g/mol. The van der Waals surface area contributed by atoms with Crippen molar-refractivity contribution >= 4 is 45.9 Å². The predicted molar refractivity (Wildman–Crippen MR) is 131 cm³/mol. The summed E-state index contributed by atoms with van der Waals surface area (Å²) in [6, 6.07) is 6.21. The van der Waals surface area contributed by atoms with Gasteiger partial charge < -0.3 is 0 Å². The van der Waals surface area contributed by atoms with Gasteiger partial charge in [0.2, 0.25) is 0 Å². The van der Waals surface area contributed by atoms with Crippen LogP contribution in [0.3, 0.4) is 0 Å². The minimum atomic E-state index is -2.28. The van der Waals surface area contributed by atoms with E-state index in [1.54, 1.807) is 6.92 Å². The summed E-state index contributed by atoms with van der Waals surface area (Å²) in [5, 5.41) is 0. The van der Waals surface area contributed by atoms with Crippen molar-refractivity contribution in [2.24, 2.45) is 0 Å². The molecule has 0 aliphatic rings. The molecule has 0 unspecified atom stereocenters. The Labute approximate surface area is 186 Å². The zero-order valence-corrected chi connectivity index (χ0v) is 23.1. The number of amides is 1. The molecule has 0 saturated carbocycles. The number of hydrogen-bond acceptors (Lipinski definition) is 1. The number of unbranched alkanes of at least 4 members (excludes halogenated alkanes) is 3. The van der Waals surface area contributed by atoms with Crippen molar-refractivity contribution in [1.29, 1.82) is 0 Å². The van der Waals surface area contributed by atoms with Gasteiger partial charge in [0, 0.05) is 0 Å². The van der Waals surface area contributed by atoms with E-state index in [9.17, 15) is 4.79 Å². The third-order valence-electron chi connectivity index (χ3n) is 5.62. The Hall–Kier alpha value is -0.291. The van der Waals surface area contributed by atoms with Gasteiger partial charge in [-0.3, -0.25) is 0 Å². The van der Waals surface area contributed by atoms with Crippen LogP contribution >= 0.6 is 15.9 Å². The Balaban J connectivity index is 3.04. The average molecular weight is 557 g/mol. The van der Waals surface area contributed by atoms with Crippen molar-refractivity contribution in [3.63, 3.8) is 0 Å². The number of carbonyl (C=O) groups is 1. The molecule has 1 amide bonds. The molecule has 0 radical (unpaired) electrons. The summed E-state index contributed by atoms with van der Waals surface area (Å²) < 4.78 is 8.06. The molecule has 0 heterocycles. The second-order valence-corrected chi connectivity index (χ2v) is 22.0. The summed E-state index contributed by atoms with van der Waals surface area (Å²) in [7, 11) is 0. The third kappa shape index (κ3) is 8.60. The Morgan fingerprint density at radius 3 is 2.00 bits per heavy atom. The van der Waals surface area contributed by atoms with E-state index in [0.29, 0.717) is 6.54 Å².